The Morgan fingerprint density at radius 1 is 1.33 bits per heavy atom. The van der Waals surface area contributed by atoms with Crippen molar-refractivity contribution in [3.05, 3.63) is 12.1 Å². The third-order valence-corrected chi connectivity index (χ3v) is 3.64. The normalized spacial score (nSPS) is 10.4. The van der Waals surface area contributed by atoms with E-state index in [2.05, 4.69) is 15.6 Å². The van der Waals surface area contributed by atoms with Crippen LogP contribution in [-0.2, 0) is 9.59 Å². The van der Waals surface area contributed by atoms with Crippen molar-refractivity contribution in [1.82, 2.24) is 4.98 Å². The van der Waals surface area contributed by atoms with Crippen LogP contribution in [-0.4, -0.2) is 23.9 Å². The van der Waals surface area contributed by atoms with Crippen LogP contribution in [0.25, 0.3) is 10.2 Å². The largest absolute Gasteiger partial charge is 0.494 e. The van der Waals surface area contributed by atoms with Gasteiger partial charge in [0.2, 0.25) is 11.8 Å². The Morgan fingerprint density at radius 3 is 2.71 bits per heavy atom. The Hall–Kier alpha value is -2.15. The molecule has 0 atom stereocenters. The molecule has 0 unspecified atom stereocenters. The molecule has 0 aliphatic rings. The van der Waals surface area contributed by atoms with Gasteiger partial charge in [-0.2, -0.15) is 0 Å². The number of fused-ring (bicyclic) bond motifs is 1. The highest BCUT2D eigenvalue weighted by atomic mass is 32.1. The first-order valence-electron chi connectivity index (χ1n) is 6.59. The van der Waals surface area contributed by atoms with Crippen molar-refractivity contribution < 1.29 is 14.3 Å². The molecule has 1 heterocycles. The number of nitrogens with one attached hydrogen (secondary N) is 2. The zero-order chi connectivity index (χ0) is 15.4. The van der Waals surface area contributed by atoms with Crippen LogP contribution in [0.5, 0.6) is 5.75 Å². The molecule has 2 N–H and O–H groups in total. The molecule has 21 heavy (non-hydrogen) atoms. The Bertz CT molecular complexity index is 681. The Morgan fingerprint density at radius 2 is 2.10 bits per heavy atom. The van der Waals surface area contributed by atoms with Crippen LogP contribution in [0.15, 0.2) is 12.1 Å². The lowest BCUT2D eigenvalue weighted by Crippen LogP contribution is -2.10. The van der Waals surface area contributed by atoms with E-state index in [1.807, 2.05) is 13.0 Å². The topological polar surface area (TPSA) is 80.3 Å². The summed E-state index contributed by atoms with van der Waals surface area (Å²) in [5.74, 6) is 0.349. The van der Waals surface area contributed by atoms with Crippen molar-refractivity contribution >= 4 is 44.2 Å². The van der Waals surface area contributed by atoms with Crippen LogP contribution in [0.1, 0.15) is 26.7 Å². The first-order chi connectivity index (χ1) is 10.0. The lowest BCUT2D eigenvalue weighted by Gasteiger charge is -2.07. The molecule has 7 heteroatoms. The number of rotatable bonds is 5. The van der Waals surface area contributed by atoms with Gasteiger partial charge in [0.05, 0.1) is 11.8 Å². The van der Waals surface area contributed by atoms with Gasteiger partial charge in [0.15, 0.2) is 5.13 Å². The van der Waals surface area contributed by atoms with Crippen molar-refractivity contribution in [2.45, 2.75) is 26.7 Å². The van der Waals surface area contributed by atoms with Gasteiger partial charge in [-0.1, -0.05) is 18.3 Å². The molecule has 0 aliphatic carbocycles. The second-order valence-corrected chi connectivity index (χ2v) is 5.55. The summed E-state index contributed by atoms with van der Waals surface area (Å²) in [5.41, 5.74) is 1.33. The molecule has 0 bridgehead atoms. The van der Waals surface area contributed by atoms with Gasteiger partial charge in [-0.05, 0) is 12.5 Å². The average molecular weight is 307 g/mol. The van der Waals surface area contributed by atoms with Crippen LogP contribution in [0.2, 0.25) is 0 Å². The fraction of sp³-hybridized carbons (Fsp3) is 0.357. The lowest BCUT2D eigenvalue weighted by atomic mass is 10.2. The summed E-state index contributed by atoms with van der Waals surface area (Å²) in [6.45, 7) is 3.38. The molecule has 2 aromatic rings. The van der Waals surface area contributed by atoms with E-state index in [4.69, 9.17) is 4.74 Å². The highest BCUT2D eigenvalue weighted by molar-refractivity contribution is 7.22. The van der Waals surface area contributed by atoms with E-state index in [1.54, 1.807) is 13.2 Å². The molecule has 0 radical (unpaired) electrons. The Labute approximate surface area is 126 Å². The number of carbonyl (C=O) groups excluding carboxylic acids is 2. The van der Waals surface area contributed by atoms with Crippen molar-refractivity contribution in [1.29, 1.82) is 0 Å². The Kier molecular flexibility index (Phi) is 4.74. The average Bonchev–Trinajstić information content (AvgIpc) is 2.79. The zero-order valence-electron chi connectivity index (χ0n) is 12.1. The summed E-state index contributed by atoms with van der Waals surface area (Å²) >= 11 is 1.34. The maximum absolute atomic E-state index is 11.7. The number of amides is 2. The number of anilines is 2. The minimum absolute atomic E-state index is 0.0366. The van der Waals surface area contributed by atoms with E-state index >= 15 is 0 Å². The Balaban J connectivity index is 2.37. The molecular weight excluding hydrogens is 290 g/mol. The quantitative estimate of drug-likeness (QED) is 0.890. The fourth-order valence-corrected chi connectivity index (χ4v) is 2.85. The predicted octanol–water partition coefficient (Wildman–Crippen LogP) is 3.00. The second-order valence-electron chi connectivity index (χ2n) is 4.52. The van der Waals surface area contributed by atoms with Gasteiger partial charge in [0.25, 0.3) is 0 Å². The second kappa shape index (κ2) is 6.53. The van der Waals surface area contributed by atoms with Crippen LogP contribution in [0, 0.1) is 0 Å². The van der Waals surface area contributed by atoms with Gasteiger partial charge >= 0.3 is 0 Å². The molecule has 0 aliphatic heterocycles. The SMILES string of the molecule is CCCC(=O)Nc1cc(OC)c2nc(NC(C)=O)sc2c1. The first-order valence-corrected chi connectivity index (χ1v) is 7.41. The van der Waals surface area contributed by atoms with E-state index < -0.39 is 0 Å². The number of benzene rings is 1. The number of ether oxygens (including phenoxy) is 1. The van der Waals surface area contributed by atoms with Gasteiger partial charge in [-0.15, -0.1) is 0 Å². The third-order valence-electron chi connectivity index (χ3n) is 2.72. The number of hydrogen-bond donors (Lipinski definition) is 2. The van der Waals surface area contributed by atoms with E-state index in [1.165, 1.54) is 18.3 Å². The predicted molar refractivity (Wildman–Crippen MR) is 84.0 cm³/mol. The van der Waals surface area contributed by atoms with E-state index in [0.717, 1.165) is 11.1 Å². The molecule has 2 amide bonds. The summed E-state index contributed by atoms with van der Waals surface area (Å²) in [4.78, 5) is 27.1. The first kappa shape index (κ1) is 15.2. The van der Waals surface area contributed by atoms with E-state index in [-0.39, 0.29) is 11.8 Å². The van der Waals surface area contributed by atoms with Crippen molar-refractivity contribution in [3.63, 3.8) is 0 Å². The molecule has 1 aromatic heterocycles. The fourth-order valence-electron chi connectivity index (χ4n) is 1.88. The zero-order valence-corrected chi connectivity index (χ0v) is 13.0. The lowest BCUT2D eigenvalue weighted by molar-refractivity contribution is -0.116. The summed E-state index contributed by atoms with van der Waals surface area (Å²) in [7, 11) is 1.55. The number of thiazole rings is 1. The number of methoxy groups -OCH3 is 1. The van der Waals surface area contributed by atoms with Crippen LogP contribution in [0.3, 0.4) is 0 Å². The number of nitrogens with zero attached hydrogens (tertiary/aromatic N) is 1. The van der Waals surface area contributed by atoms with Gasteiger partial charge in [-0.25, -0.2) is 4.98 Å². The minimum Gasteiger partial charge on any atom is -0.494 e. The number of hydrogen-bond acceptors (Lipinski definition) is 5. The van der Waals surface area contributed by atoms with Crippen LogP contribution < -0.4 is 15.4 Å². The molecule has 112 valence electrons. The molecule has 2 rings (SSSR count). The highest BCUT2D eigenvalue weighted by Crippen LogP contribution is 2.35. The summed E-state index contributed by atoms with van der Waals surface area (Å²) in [5, 5.41) is 5.99. The van der Waals surface area contributed by atoms with Gasteiger partial charge in [0, 0.05) is 25.1 Å². The van der Waals surface area contributed by atoms with E-state index in [0.29, 0.717) is 28.5 Å². The van der Waals surface area contributed by atoms with Crippen molar-refractivity contribution in [3.8, 4) is 5.75 Å². The van der Waals surface area contributed by atoms with Crippen LogP contribution in [0.4, 0.5) is 10.8 Å². The van der Waals surface area contributed by atoms with Gasteiger partial charge in [-0.3, -0.25) is 9.59 Å². The molecule has 0 saturated heterocycles. The maximum Gasteiger partial charge on any atom is 0.224 e. The van der Waals surface area contributed by atoms with Gasteiger partial charge in [0.1, 0.15) is 11.3 Å². The van der Waals surface area contributed by atoms with Crippen LogP contribution >= 0.6 is 11.3 Å². The standard InChI is InChI=1S/C14H17N3O3S/c1-4-5-12(19)16-9-6-10(20-3)13-11(7-9)21-14(17-13)15-8(2)18/h6-7H,4-5H2,1-3H3,(H,16,19)(H,15,17,18). The molecule has 0 saturated carbocycles. The van der Waals surface area contributed by atoms with Crippen molar-refractivity contribution in [2.75, 3.05) is 17.7 Å². The molecule has 6 nitrogen and oxygen atoms in total. The van der Waals surface area contributed by atoms with Crippen molar-refractivity contribution in [2.24, 2.45) is 0 Å². The maximum atomic E-state index is 11.7. The monoisotopic (exact) mass is 307 g/mol. The number of carbonyl (C=O) groups is 2. The number of aromatic nitrogens is 1. The highest BCUT2D eigenvalue weighted by Gasteiger charge is 2.12. The molecule has 0 spiro atoms. The molecule has 0 fully saturated rings. The third kappa shape index (κ3) is 3.69. The summed E-state index contributed by atoms with van der Waals surface area (Å²) in [6, 6.07) is 3.56. The van der Waals surface area contributed by atoms with Gasteiger partial charge < -0.3 is 15.4 Å². The minimum atomic E-state index is -0.176. The summed E-state index contributed by atoms with van der Waals surface area (Å²) < 4.78 is 6.15. The smallest absolute Gasteiger partial charge is 0.224 e. The van der Waals surface area contributed by atoms with E-state index in [9.17, 15) is 9.59 Å². The summed E-state index contributed by atoms with van der Waals surface area (Å²) in [6.07, 6.45) is 1.26. The molecule has 1 aromatic carbocycles. The molecular formula is C14H17N3O3S.